The maximum absolute atomic E-state index is 11.7. The molecule has 0 bridgehead atoms. The normalized spacial score (nSPS) is 9.53. The van der Waals surface area contributed by atoms with Crippen LogP contribution in [0.25, 0.3) is 6.08 Å². The fourth-order valence-corrected chi connectivity index (χ4v) is 1.25. The summed E-state index contributed by atoms with van der Waals surface area (Å²) in [6.07, 6.45) is 1.71. The second-order valence-corrected chi connectivity index (χ2v) is 3.36. The first kappa shape index (κ1) is 11.3. The van der Waals surface area contributed by atoms with Crippen LogP contribution in [0.5, 0.6) is 5.75 Å². The molecule has 0 spiro atoms. The van der Waals surface area contributed by atoms with Crippen molar-refractivity contribution in [3.8, 4) is 5.75 Å². The molecule has 0 N–H and O–H groups in total. The van der Waals surface area contributed by atoms with Crippen LogP contribution in [-0.4, -0.2) is 32.0 Å². The summed E-state index contributed by atoms with van der Waals surface area (Å²) < 4.78 is 5.16. The van der Waals surface area contributed by atoms with Crippen molar-refractivity contribution >= 4 is 12.0 Å². The maximum atomic E-state index is 11.7. The van der Waals surface area contributed by atoms with E-state index < -0.39 is 0 Å². The number of benzene rings is 1. The van der Waals surface area contributed by atoms with Crippen LogP contribution in [0.3, 0.4) is 0 Å². The Hall–Kier alpha value is -1.77. The summed E-state index contributed by atoms with van der Waals surface area (Å²) in [5, 5.41) is 0. The maximum Gasteiger partial charge on any atom is 0.257 e. The predicted octanol–water partition coefficient (Wildman–Crippen LogP) is 2.04. The van der Waals surface area contributed by atoms with E-state index in [4.69, 9.17) is 4.74 Å². The Morgan fingerprint density at radius 1 is 1.47 bits per heavy atom. The van der Waals surface area contributed by atoms with Gasteiger partial charge in [-0.1, -0.05) is 18.7 Å². The Kier molecular flexibility index (Phi) is 3.50. The van der Waals surface area contributed by atoms with Crippen molar-refractivity contribution in [3.05, 3.63) is 35.9 Å². The molecule has 0 radical (unpaired) electrons. The Morgan fingerprint density at radius 2 is 2.13 bits per heavy atom. The van der Waals surface area contributed by atoms with E-state index >= 15 is 0 Å². The summed E-state index contributed by atoms with van der Waals surface area (Å²) in [5.41, 5.74) is 1.50. The molecule has 3 nitrogen and oxygen atoms in total. The highest BCUT2D eigenvalue weighted by Gasteiger charge is 2.13. The van der Waals surface area contributed by atoms with E-state index in [1.54, 1.807) is 39.4 Å². The van der Waals surface area contributed by atoms with E-state index in [0.717, 1.165) is 5.56 Å². The minimum Gasteiger partial charge on any atom is -0.496 e. The lowest BCUT2D eigenvalue weighted by atomic mass is 10.1. The molecule has 0 aromatic heterocycles. The molecule has 0 saturated carbocycles. The average Bonchev–Trinajstić information content (AvgIpc) is 2.27. The number of amides is 1. The third-order valence-electron chi connectivity index (χ3n) is 2.10. The molecule has 0 aliphatic carbocycles. The van der Waals surface area contributed by atoms with Crippen molar-refractivity contribution < 1.29 is 9.53 Å². The topological polar surface area (TPSA) is 29.5 Å². The Balaban J connectivity index is 3.18. The van der Waals surface area contributed by atoms with Crippen molar-refractivity contribution in [2.45, 2.75) is 0 Å². The molecule has 0 unspecified atom stereocenters. The van der Waals surface area contributed by atoms with E-state index in [2.05, 4.69) is 6.58 Å². The van der Waals surface area contributed by atoms with E-state index in [1.807, 2.05) is 6.07 Å². The van der Waals surface area contributed by atoms with Gasteiger partial charge >= 0.3 is 0 Å². The molecule has 0 aliphatic rings. The van der Waals surface area contributed by atoms with Gasteiger partial charge in [-0.05, 0) is 17.7 Å². The van der Waals surface area contributed by atoms with Gasteiger partial charge in [-0.2, -0.15) is 0 Å². The number of nitrogens with zero attached hydrogens (tertiary/aromatic N) is 1. The molecule has 15 heavy (non-hydrogen) atoms. The van der Waals surface area contributed by atoms with Gasteiger partial charge in [-0.15, -0.1) is 0 Å². The molecule has 0 heterocycles. The van der Waals surface area contributed by atoms with Gasteiger partial charge in [0.15, 0.2) is 0 Å². The Labute approximate surface area is 90.0 Å². The highest BCUT2D eigenvalue weighted by molar-refractivity contribution is 5.96. The fraction of sp³-hybridized carbons (Fsp3) is 0.250. The number of carbonyl (C=O) groups is 1. The summed E-state index contributed by atoms with van der Waals surface area (Å²) in [6, 6.07) is 5.38. The standard InChI is InChI=1S/C12H15NO2/c1-5-9-6-7-10(11(8-9)15-4)12(14)13(2)3/h5-8H,1H2,2-4H3. The number of hydrogen-bond acceptors (Lipinski definition) is 2. The van der Waals surface area contributed by atoms with Gasteiger partial charge in [0.25, 0.3) is 5.91 Å². The zero-order valence-corrected chi connectivity index (χ0v) is 9.28. The van der Waals surface area contributed by atoms with Gasteiger partial charge in [0.1, 0.15) is 5.75 Å². The molecular formula is C12H15NO2. The number of ether oxygens (including phenoxy) is 1. The van der Waals surface area contributed by atoms with Crippen molar-refractivity contribution in [2.75, 3.05) is 21.2 Å². The third kappa shape index (κ3) is 2.37. The quantitative estimate of drug-likeness (QED) is 0.755. The minimum absolute atomic E-state index is 0.0672. The highest BCUT2D eigenvalue weighted by atomic mass is 16.5. The molecule has 1 rings (SSSR count). The molecule has 0 fully saturated rings. The SMILES string of the molecule is C=Cc1ccc(C(=O)N(C)C)c(OC)c1. The predicted molar refractivity (Wildman–Crippen MR) is 61.1 cm³/mol. The van der Waals surface area contributed by atoms with Crippen LogP contribution >= 0.6 is 0 Å². The molecule has 1 amide bonds. The first-order chi connectivity index (χ1) is 7.10. The zero-order chi connectivity index (χ0) is 11.4. The van der Waals surface area contributed by atoms with Crippen molar-refractivity contribution in [3.63, 3.8) is 0 Å². The van der Waals surface area contributed by atoms with Gasteiger partial charge < -0.3 is 9.64 Å². The summed E-state index contributed by atoms with van der Waals surface area (Å²) in [4.78, 5) is 13.3. The van der Waals surface area contributed by atoms with Crippen molar-refractivity contribution in [1.82, 2.24) is 4.90 Å². The van der Waals surface area contributed by atoms with Gasteiger partial charge in [-0.3, -0.25) is 4.79 Å². The molecule has 0 saturated heterocycles. The second kappa shape index (κ2) is 4.64. The molecule has 0 atom stereocenters. The van der Waals surface area contributed by atoms with Gasteiger partial charge in [0.2, 0.25) is 0 Å². The van der Waals surface area contributed by atoms with Crippen LogP contribution in [0.4, 0.5) is 0 Å². The van der Waals surface area contributed by atoms with E-state index in [-0.39, 0.29) is 5.91 Å². The van der Waals surface area contributed by atoms with Gasteiger partial charge in [0, 0.05) is 14.1 Å². The van der Waals surface area contributed by atoms with Crippen LogP contribution in [-0.2, 0) is 0 Å². The molecule has 1 aromatic rings. The van der Waals surface area contributed by atoms with Crippen molar-refractivity contribution in [1.29, 1.82) is 0 Å². The van der Waals surface area contributed by atoms with Gasteiger partial charge in [-0.25, -0.2) is 0 Å². The summed E-state index contributed by atoms with van der Waals surface area (Å²) in [6.45, 7) is 3.67. The van der Waals surface area contributed by atoms with E-state index in [0.29, 0.717) is 11.3 Å². The van der Waals surface area contributed by atoms with Crippen LogP contribution in [0.1, 0.15) is 15.9 Å². The third-order valence-corrected chi connectivity index (χ3v) is 2.10. The van der Waals surface area contributed by atoms with E-state index in [1.165, 1.54) is 4.90 Å². The molecule has 80 valence electrons. The smallest absolute Gasteiger partial charge is 0.257 e. The molecule has 1 aromatic carbocycles. The molecular weight excluding hydrogens is 190 g/mol. The lowest BCUT2D eigenvalue weighted by molar-refractivity contribution is 0.0824. The largest absolute Gasteiger partial charge is 0.496 e. The number of carbonyl (C=O) groups excluding carboxylic acids is 1. The first-order valence-corrected chi connectivity index (χ1v) is 4.62. The van der Waals surface area contributed by atoms with Crippen molar-refractivity contribution in [2.24, 2.45) is 0 Å². The fourth-order valence-electron chi connectivity index (χ4n) is 1.25. The lowest BCUT2D eigenvalue weighted by Crippen LogP contribution is -2.22. The molecule has 3 heteroatoms. The van der Waals surface area contributed by atoms with Gasteiger partial charge in [0.05, 0.1) is 12.7 Å². The minimum atomic E-state index is -0.0672. The second-order valence-electron chi connectivity index (χ2n) is 3.36. The number of methoxy groups -OCH3 is 1. The zero-order valence-electron chi connectivity index (χ0n) is 9.28. The van der Waals surface area contributed by atoms with Crippen LogP contribution in [0.2, 0.25) is 0 Å². The van der Waals surface area contributed by atoms with Crippen LogP contribution in [0, 0.1) is 0 Å². The first-order valence-electron chi connectivity index (χ1n) is 4.62. The highest BCUT2D eigenvalue weighted by Crippen LogP contribution is 2.21. The monoisotopic (exact) mass is 205 g/mol. The number of rotatable bonds is 3. The summed E-state index contributed by atoms with van der Waals surface area (Å²) in [5.74, 6) is 0.508. The Bertz CT molecular complexity index is 383. The van der Waals surface area contributed by atoms with Crippen LogP contribution < -0.4 is 4.74 Å². The summed E-state index contributed by atoms with van der Waals surface area (Å²) >= 11 is 0. The number of hydrogen-bond donors (Lipinski definition) is 0. The van der Waals surface area contributed by atoms with Crippen LogP contribution in [0.15, 0.2) is 24.8 Å². The summed E-state index contributed by atoms with van der Waals surface area (Å²) in [7, 11) is 4.97. The average molecular weight is 205 g/mol. The lowest BCUT2D eigenvalue weighted by Gasteiger charge is -2.13. The Morgan fingerprint density at radius 3 is 2.60 bits per heavy atom. The van der Waals surface area contributed by atoms with E-state index in [9.17, 15) is 4.79 Å². The molecule has 0 aliphatic heterocycles.